The Labute approximate surface area is 207 Å². The molecule has 0 bridgehead atoms. The van der Waals surface area contributed by atoms with Gasteiger partial charge in [-0.15, -0.1) is 22.7 Å². The number of pyridine rings is 1. The Hall–Kier alpha value is -3.35. The highest BCUT2D eigenvalue weighted by atomic mass is 32.1. The lowest BCUT2D eigenvalue weighted by Crippen LogP contribution is -2.13. The topological polar surface area (TPSA) is 54.9 Å². The summed E-state index contributed by atoms with van der Waals surface area (Å²) in [7, 11) is 0. The van der Waals surface area contributed by atoms with Crippen molar-refractivity contribution in [3.05, 3.63) is 88.1 Å². The van der Waals surface area contributed by atoms with Crippen LogP contribution in [0.3, 0.4) is 0 Å². The van der Waals surface area contributed by atoms with Gasteiger partial charge in [0.15, 0.2) is 5.13 Å². The molecule has 5 aromatic rings. The first kappa shape index (κ1) is 22.4. The van der Waals surface area contributed by atoms with Gasteiger partial charge in [-0.25, -0.2) is 9.97 Å². The van der Waals surface area contributed by atoms with Gasteiger partial charge in [-0.2, -0.15) is 0 Å². The molecule has 0 fully saturated rings. The SMILES string of the molecule is Cc1ccc(-c2cc(C(=O)Nc3nc(-c4ccc(CC(C)C)cc4)cs3)c3ccccc3n2)s1. The second-order valence-corrected chi connectivity index (χ2v) is 10.9. The standard InChI is InChI=1S/C28H25N3OS2/c1-17(2)14-19-9-11-20(12-10-19)25-16-33-28(30-25)31-27(32)22-15-24(26-13-8-18(3)34-26)29-23-7-5-4-6-21(22)23/h4-13,15-17H,14H2,1-3H3,(H,30,31,32). The van der Waals surface area contributed by atoms with E-state index < -0.39 is 0 Å². The quantitative estimate of drug-likeness (QED) is 0.268. The molecule has 6 heteroatoms. The number of fused-ring (bicyclic) bond motifs is 1. The lowest BCUT2D eigenvalue weighted by Gasteiger charge is -2.09. The minimum atomic E-state index is -0.179. The summed E-state index contributed by atoms with van der Waals surface area (Å²) in [6.45, 7) is 6.51. The van der Waals surface area contributed by atoms with E-state index in [9.17, 15) is 4.79 Å². The fourth-order valence-electron chi connectivity index (χ4n) is 3.97. The number of benzene rings is 2. The van der Waals surface area contributed by atoms with E-state index in [1.165, 1.54) is 21.8 Å². The summed E-state index contributed by atoms with van der Waals surface area (Å²) in [5.41, 5.74) is 5.45. The lowest BCUT2D eigenvalue weighted by atomic mass is 10.0. The highest BCUT2D eigenvalue weighted by Gasteiger charge is 2.16. The highest BCUT2D eigenvalue weighted by Crippen LogP contribution is 2.31. The number of thiazole rings is 1. The zero-order valence-corrected chi connectivity index (χ0v) is 21.0. The van der Waals surface area contributed by atoms with Crippen molar-refractivity contribution < 1.29 is 4.79 Å². The van der Waals surface area contributed by atoms with Gasteiger partial charge in [0.2, 0.25) is 0 Å². The van der Waals surface area contributed by atoms with Gasteiger partial charge >= 0.3 is 0 Å². The van der Waals surface area contributed by atoms with E-state index in [-0.39, 0.29) is 5.91 Å². The number of nitrogens with zero attached hydrogens (tertiary/aromatic N) is 2. The smallest absolute Gasteiger partial charge is 0.258 e. The van der Waals surface area contributed by atoms with E-state index in [0.717, 1.165) is 39.2 Å². The number of amides is 1. The van der Waals surface area contributed by atoms with E-state index in [2.05, 4.69) is 67.5 Å². The molecular weight excluding hydrogens is 458 g/mol. The third-order valence-electron chi connectivity index (χ3n) is 5.57. The van der Waals surface area contributed by atoms with Crippen LogP contribution in [0.1, 0.15) is 34.6 Å². The molecular formula is C28H25N3OS2. The summed E-state index contributed by atoms with van der Waals surface area (Å²) in [5.74, 6) is 0.446. The number of carbonyl (C=O) groups is 1. The molecule has 34 heavy (non-hydrogen) atoms. The van der Waals surface area contributed by atoms with Gasteiger partial charge in [0.05, 0.1) is 27.3 Å². The Balaban J connectivity index is 1.42. The van der Waals surface area contributed by atoms with Gasteiger partial charge in [0, 0.05) is 21.2 Å². The molecule has 3 heterocycles. The number of para-hydroxylation sites is 1. The molecule has 1 N–H and O–H groups in total. The van der Waals surface area contributed by atoms with Gasteiger partial charge < -0.3 is 0 Å². The van der Waals surface area contributed by atoms with Crippen LogP contribution < -0.4 is 5.32 Å². The Morgan fingerprint density at radius 3 is 2.50 bits per heavy atom. The van der Waals surface area contributed by atoms with Crippen molar-refractivity contribution in [1.82, 2.24) is 9.97 Å². The minimum Gasteiger partial charge on any atom is -0.298 e. The predicted molar refractivity (Wildman–Crippen MR) is 144 cm³/mol. The first-order valence-electron chi connectivity index (χ1n) is 11.3. The summed E-state index contributed by atoms with van der Waals surface area (Å²) >= 11 is 3.11. The van der Waals surface area contributed by atoms with Crippen LogP contribution in [0.5, 0.6) is 0 Å². The first-order chi connectivity index (χ1) is 16.5. The minimum absolute atomic E-state index is 0.179. The number of aryl methyl sites for hydroxylation is 1. The van der Waals surface area contributed by atoms with Crippen molar-refractivity contribution in [2.75, 3.05) is 5.32 Å². The molecule has 0 saturated carbocycles. The molecule has 0 spiro atoms. The molecule has 0 atom stereocenters. The maximum Gasteiger partial charge on any atom is 0.258 e. The number of carbonyl (C=O) groups excluding carboxylic acids is 1. The average molecular weight is 484 g/mol. The number of thiophene rings is 1. The summed E-state index contributed by atoms with van der Waals surface area (Å²) in [4.78, 5) is 25.1. The third-order valence-corrected chi connectivity index (χ3v) is 7.35. The molecule has 0 aliphatic rings. The van der Waals surface area contributed by atoms with Crippen molar-refractivity contribution >= 4 is 44.6 Å². The number of rotatable bonds is 6. The van der Waals surface area contributed by atoms with Gasteiger partial charge in [-0.05, 0) is 49.1 Å². The second kappa shape index (κ2) is 9.49. The molecule has 0 aliphatic carbocycles. The van der Waals surface area contributed by atoms with Crippen molar-refractivity contribution in [1.29, 1.82) is 0 Å². The molecule has 2 aromatic carbocycles. The van der Waals surface area contributed by atoms with Crippen LogP contribution in [0.15, 0.2) is 72.1 Å². The zero-order chi connectivity index (χ0) is 23.7. The number of hydrogen-bond acceptors (Lipinski definition) is 5. The maximum atomic E-state index is 13.3. The zero-order valence-electron chi connectivity index (χ0n) is 19.3. The Bertz CT molecular complexity index is 1460. The number of anilines is 1. The molecule has 0 saturated heterocycles. The number of hydrogen-bond donors (Lipinski definition) is 1. The Morgan fingerprint density at radius 2 is 1.76 bits per heavy atom. The van der Waals surface area contributed by atoms with Crippen LogP contribution in [0.4, 0.5) is 5.13 Å². The van der Waals surface area contributed by atoms with Crippen LogP contribution in [0, 0.1) is 12.8 Å². The predicted octanol–water partition coefficient (Wildman–Crippen LogP) is 7.85. The monoisotopic (exact) mass is 483 g/mol. The van der Waals surface area contributed by atoms with Gasteiger partial charge in [-0.1, -0.05) is 56.3 Å². The van der Waals surface area contributed by atoms with E-state index in [0.29, 0.717) is 16.6 Å². The fraction of sp³-hybridized carbons (Fsp3) is 0.179. The Morgan fingerprint density at radius 1 is 0.971 bits per heavy atom. The fourth-order valence-corrected chi connectivity index (χ4v) is 5.52. The van der Waals surface area contributed by atoms with Crippen LogP contribution in [0.2, 0.25) is 0 Å². The molecule has 5 rings (SSSR count). The van der Waals surface area contributed by atoms with E-state index in [4.69, 9.17) is 4.98 Å². The van der Waals surface area contributed by atoms with Gasteiger partial charge in [0.25, 0.3) is 5.91 Å². The summed E-state index contributed by atoms with van der Waals surface area (Å²) in [5, 5.41) is 6.40. The van der Waals surface area contributed by atoms with E-state index >= 15 is 0 Å². The molecule has 0 aliphatic heterocycles. The average Bonchev–Trinajstić information content (AvgIpc) is 3.47. The molecule has 0 unspecified atom stereocenters. The Kier molecular flexibility index (Phi) is 6.26. The largest absolute Gasteiger partial charge is 0.298 e. The summed E-state index contributed by atoms with van der Waals surface area (Å²) in [6.07, 6.45) is 1.06. The summed E-state index contributed by atoms with van der Waals surface area (Å²) < 4.78 is 0. The van der Waals surface area contributed by atoms with Crippen molar-refractivity contribution in [3.8, 4) is 21.8 Å². The van der Waals surface area contributed by atoms with Crippen LogP contribution in [-0.2, 0) is 6.42 Å². The molecule has 0 radical (unpaired) electrons. The molecule has 1 amide bonds. The van der Waals surface area contributed by atoms with Crippen LogP contribution in [0.25, 0.3) is 32.7 Å². The molecule has 3 aromatic heterocycles. The molecule has 4 nitrogen and oxygen atoms in total. The third kappa shape index (κ3) is 4.79. The molecule has 170 valence electrons. The van der Waals surface area contributed by atoms with Crippen LogP contribution >= 0.6 is 22.7 Å². The van der Waals surface area contributed by atoms with E-state index in [1.54, 1.807) is 11.3 Å². The van der Waals surface area contributed by atoms with Crippen molar-refractivity contribution in [2.45, 2.75) is 27.2 Å². The lowest BCUT2D eigenvalue weighted by molar-refractivity contribution is 0.102. The maximum absolute atomic E-state index is 13.3. The normalized spacial score (nSPS) is 11.3. The van der Waals surface area contributed by atoms with Crippen molar-refractivity contribution in [3.63, 3.8) is 0 Å². The summed E-state index contributed by atoms with van der Waals surface area (Å²) in [6, 6.07) is 22.3. The number of nitrogens with one attached hydrogen (secondary N) is 1. The van der Waals surface area contributed by atoms with E-state index in [1.807, 2.05) is 35.7 Å². The van der Waals surface area contributed by atoms with Crippen LogP contribution in [-0.4, -0.2) is 15.9 Å². The second-order valence-electron chi connectivity index (χ2n) is 8.77. The number of aromatic nitrogens is 2. The van der Waals surface area contributed by atoms with Gasteiger partial charge in [-0.3, -0.25) is 10.1 Å². The van der Waals surface area contributed by atoms with Crippen molar-refractivity contribution in [2.24, 2.45) is 5.92 Å². The highest BCUT2D eigenvalue weighted by molar-refractivity contribution is 7.15. The first-order valence-corrected chi connectivity index (χ1v) is 13.0. The van der Waals surface area contributed by atoms with Gasteiger partial charge in [0.1, 0.15) is 0 Å².